The molecule has 5 aromatic carbocycles. The molecule has 0 aliphatic rings. The van der Waals surface area contributed by atoms with E-state index in [4.69, 9.17) is 9.40 Å². The van der Waals surface area contributed by atoms with Gasteiger partial charge in [0.1, 0.15) is 5.58 Å². The fourth-order valence-corrected chi connectivity index (χ4v) is 5.56. The van der Waals surface area contributed by atoms with Crippen molar-refractivity contribution in [2.24, 2.45) is 0 Å². The van der Waals surface area contributed by atoms with E-state index in [1.807, 2.05) is 24.4 Å². The Labute approximate surface area is 194 Å². The van der Waals surface area contributed by atoms with E-state index in [2.05, 4.69) is 89.5 Å². The zero-order valence-electron chi connectivity index (χ0n) is 18.2. The van der Waals surface area contributed by atoms with Crippen LogP contribution in [0.25, 0.3) is 71.1 Å². The second kappa shape index (κ2) is 6.46. The first-order valence-corrected chi connectivity index (χ1v) is 11.5. The maximum absolute atomic E-state index is 6.52. The van der Waals surface area contributed by atoms with E-state index in [1.165, 1.54) is 16.2 Å². The van der Waals surface area contributed by atoms with Crippen molar-refractivity contribution in [2.75, 3.05) is 0 Å². The highest BCUT2D eigenvalue weighted by Gasteiger charge is 2.20. The molecule has 3 heterocycles. The van der Waals surface area contributed by atoms with Gasteiger partial charge in [0.25, 0.3) is 0 Å². The summed E-state index contributed by atoms with van der Waals surface area (Å²) in [6, 6.07) is 36.3. The van der Waals surface area contributed by atoms with Gasteiger partial charge >= 0.3 is 0 Å². The van der Waals surface area contributed by atoms with Crippen LogP contribution in [0.2, 0.25) is 0 Å². The predicted molar refractivity (Wildman–Crippen MR) is 141 cm³/mol. The summed E-state index contributed by atoms with van der Waals surface area (Å²) in [6.45, 7) is 0. The van der Waals surface area contributed by atoms with Crippen LogP contribution in [0, 0.1) is 0 Å². The first-order valence-electron chi connectivity index (χ1n) is 11.5. The topological polar surface area (TPSA) is 31.0 Å². The summed E-state index contributed by atoms with van der Waals surface area (Å²) in [5.74, 6) is 0. The van der Waals surface area contributed by atoms with Crippen molar-refractivity contribution in [3.05, 3.63) is 109 Å². The van der Waals surface area contributed by atoms with Gasteiger partial charge in [0, 0.05) is 38.5 Å². The number of nitrogens with zero attached hydrogens (tertiary/aromatic N) is 2. The highest BCUT2D eigenvalue weighted by atomic mass is 16.3. The second-order valence-electron chi connectivity index (χ2n) is 8.81. The maximum Gasteiger partial charge on any atom is 0.160 e. The summed E-state index contributed by atoms with van der Waals surface area (Å²) in [5.41, 5.74) is 6.20. The highest BCUT2D eigenvalue weighted by molar-refractivity contribution is 6.22. The summed E-state index contributed by atoms with van der Waals surface area (Å²) in [6.07, 6.45) is 1.88. The number of hydrogen-bond donors (Lipinski definition) is 0. The summed E-state index contributed by atoms with van der Waals surface area (Å²) < 4.78 is 8.89. The molecule has 0 N–H and O–H groups in total. The van der Waals surface area contributed by atoms with Crippen LogP contribution in [-0.4, -0.2) is 9.55 Å². The number of rotatable bonds is 1. The summed E-state index contributed by atoms with van der Waals surface area (Å²) in [5, 5.41) is 8.13. The van der Waals surface area contributed by atoms with Crippen molar-refractivity contribution in [1.29, 1.82) is 0 Å². The minimum atomic E-state index is 0.909. The molecule has 8 rings (SSSR count). The maximum atomic E-state index is 6.52. The average molecular weight is 434 g/mol. The van der Waals surface area contributed by atoms with E-state index < -0.39 is 0 Å². The van der Waals surface area contributed by atoms with Crippen molar-refractivity contribution in [3.63, 3.8) is 0 Å². The summed E-state index contributed by atoms with van der Waals surface area (Å²) >= 11 is 0. The Bertz CT molecular complexity index is 2080. The van der Waals surface area contributed by atoms with Crippen LogP contribution in [-0.2, 0) is 0 Å². The molecule has 3 aromatic heterocycles. The van der Waals surface area contributed by atoms with Crippen LogP contribution in [0.5, 0.6) is 0 Å². The molecule has 0 spiro atoms. The number of fused-ring (bicyclic) bond motifs is 10. The minimum absolute atomic E-state index is 0.909. The Balaban J connectivity index is 1.66. The van der Waals surface area contributed by atoms with E-state index in [9.17, 15) is 0 Å². The van der Waals surface area contributed by atoms with Crippen LogP contribution >= 0.6 is 0 Å². The average Bonchev–Trinajstić information content (AvgIpc) is 3.44. The lowest BCUT2D eigenvalue weighted by molar-refractivity contribution is 0.671. The van der Waals surface area contributed by atoms with E-state index in [0.717, 1.165) is 54.9 Å². The Kier molecular flexibility index (Phi) is 3.39. The quantitative estimate of drug-likeness (QED) is 0.243. The van der Waals surface area contributed by atoms with E-state index in [0.29, 0.717) is 0 Å². The number of para-hydroxylation sites is 2. The fourth-order valence-electron chi connectivity index (χ4n) is 5.56. The molecule has 3 nitrogen and oxygen atoms in total. The lowest BCUT2D eigenvalue weighted by Gasteiger charge is -2.13. The number of furan rings is 1. The highest BCUT2D eigenvalue weighted by Crippen LogP contribution is 2.41. The molecule has 0 bridgehead atoms. The normalized spacial score (nSPS) is 12.1. The van der Waals surface area contributed by atoms with Crippen molar-refractivity contribution in [1.82, 2.24) is 9.55 Å². The Morgan fingerprint density at radius 1 is 0.588 bits per heavy atom. The Morgan fingerprint density at radius 2 is 1.38 bits per heavy atom. The molecule has 158 valence electrons. The van der Waals surface area contributed by atoms with Crippen LogP contribution in [0.3, 0.4) is 0 Å². The summed E-state index contributed by atoms with van der Waals surface area (Å²) in [4.78, 5) is 4.80. The van der Waals surface area contributed by atoms with Gasteiger partial charge < -0.3 is 8.98 Å². The molecule has 0 atom stereocenters. The molecule has 0 unspecified atom stereocenters. The lowest BCUT2D eigenvalue weighted by atomic mass is 10.0. The first kappa shape index (κ1) is 17.9. The molecule has 0 saturated heterocycles. The Hall–Kier alpha value is -4.63. The number of hydrogen-bond acceptors (Lipinski definition) is 2. The molecule has 0 amide bonds. The molecule has 3 heteroatoms. The third-order valence-electron chi connectivity index (χ3n) is 7.01. The molecule has 0 fully saturated rings. The molecule has 0 aliphatic carbocycles. The van der Waals surface area contributed by atoms with Crippen LogP contribution in [0.4, 0.5) is 0 Å². The van der Waals surface area contributed by atoms with E-state index >= 15 is 0 Å². The monoisotopic (exact) mass is 434 g/mol. The fraction of sp³-hybridized carbons (Fsp3) is 0. The number of aromatic nitrogens is 2. The second-order valence-corrected chi connectivity index (χ2v) is 8.81. The zero-order chi connectivity index (χ0) is 22.2. The van der Waals surface area contributed by atoms with Crippen LogP contribution in [0.1, 0.15) is 0 Å². The molecule has 0 aliphatic heterocycles. The lowest BCUT2D eigenvalue weighted by Crippen LogP contribution is -1.96. The minimum Gasteiger partial charge on any atom is -0.454 e. The number of benzene rings is 5. The van der Waals surface area contributed by atoms with Crippen LogP contribution < -0.4 is 0 Å². The first-order chi connectivity index (χ1) is 16.9. The third-order valence-corrected chi connectivity index (χ3v) is 7.01. The molecular formula is C31H18N2O. The largest absolute Gasteiger partial charge is 0.454 e. The smallest absolute Gasteiger partial charge is 0.160 e. The van der Waals surface area contributed by atoms with Crippen LogP contribution in [0.15, 0.2) is 114 Å². The van der Waals surface area contributed by atoms with Crippen molar-refractivity contribution < 1.29 is 4.42 Å². The van der Waals surface area contributed by atoms with Gasteiger partial charge in [-0.15, -0.1) is 0 Å². The standard InChI is InChI=1S/C31H18N2O/c1-3-11-25-21(9-1)23-16-17-24-22-10-2-4-13-27(22)34-31(24)30(23)33(25)26-12-5-7-19-14-15-20-8-6-18-32-29(20)28(19)26/h1-18H. The van der Waals surface area contributed by atoms with Gasteiger partial charge in [0.05, 0.1) is 22.2 Å². The predicted octanol–water partition coefficient (Wildman–Crippen LogP) is 8.38. The molecular weight excluding hydrogens is 416 g/mol. The van der Waals surface area contributed by atoms with Gasteiger partial charge in [0.15, 0.2) is 5.58 Å². The molecule has 0 saturated carbocycles. The van der Waals surface area contributed by atoms with Gasteiger partial charge in [-0.3, -0.25) is 4.98 Å². The Morgan fingerprint density at radius 3 is 2.35 bits per heavy atom. The SMILES string of the molecule is c1cnc2c(c1)ccc1cccc(-n3c4ccccc4c4ccc5c6ccccc6oc5c43)c12. The van der Waals surface area contributed by atoms with Gasteiger partial charge in [-0.25, -0.2) is 0 Å². The summed E-state index contributed by atoms with van der Waals surface area (Å²) in [7, 11) is 0. The van der Waals surface area contributed by atoms with E-state index in [1.54, 1.807) is 0 Å². The third kappa shape index (κ3) is 2.23. The van der Waals surface area contributed by atoms with Crippen molar-refractivity contribution in [3.8, 4) is 5.69 Å². The molecule has 8 aromatic rings. The van der Waals surface area contributed by atoms with Gasteiger partial charge in [-0.1, -0.05) is 72.8 Å². The van der Waals surface area contributed by atoms with E-state index in [-0.39, 0.29) is 0 Å². The van der Waals surface area contributed by atoms with Gasteiger partial charge in [-0.05, 0) is 35.7 Å². The van der Waals surface area contributed by atoms with Gasteiger partial charge in [0.2, 0.25) is 0 Å². The van der Waals surface area contributed by atoms with Gasteiger partial charge in [-0.2, -0.15) is 0 Å². The van der Waals surface area contributed by atoms with Crippen molar-refractivity contribution >= 4 is 65.4 Å². The van der Waals surface area contributed by atoms with Crippen molar-refractivity contribution in [2.45, 2.75) is 0 Å². The zero-order valence-corrected chi connectivity index (χ0v) is 18.2. The molecule has 0 radical (unpaired) electrons. The molecule has 34 heavy (non-hydrogen) atoms. The number of pyridine rings is 1.